The lowest BCUT2D eigenvalue weighted by Gasteiger charge is -2.21. The van der Waals surface area contributed by atoms with Crippen LogP contribution in [-0.4, -0.2) is 28.4 Å². The van der Waals surface area contributed by atoms with Gasteiger partial charge in [-0.25, -0.2) is 9.97 Å². The topological polar surface area (TPSA) is 35.0 Å². The Morgan fingerprint density at radius 3 is 2.94 bits per heavy atom. The van der Waals surface area contributed by atoms with E-state index < -0.39 is 0 Å². The highest BCUT2D eigenvalue weighted by molar-refractivity contribution is 7.99. The van der Waals surface area contributed by atoms with E-state index in [4.69, 9.17) is 4.74 Å². The van der Waals surface area contributed by atoms with E-state index in [9.17, 15) is 0 Å². The van der Waals surface area contributed by atoms with Gasteiger partial charge < -0.3 is 4.74 Å². The molecule has 1 aliphatic heterocycles. The zero-order valence-corrected chi connectivity index (χ0v) is 11.0. The molecule has 0 spiro atoms. The van der Waals surface area contributed by atoms with Crippen LogP contribution in [0.5, 0.6) is 0 Å². The molecule has 0 amide bonds. The van der Waals surface area contributed by atoms with Crippen LogP contribution in [0.25, 0.3) is 10.9 Å². The van der Waals surface area contributed by atoms with Crippen LogP contribution >= 0.6 is 11.8 Å². The molecule has 0 unspecified atom stereocenters. The van der Waals surface area contributed by atoms with Crippen molar-refractivity contribution in [3.63, 3.8) is 0 Å². The third kappa shape index (κ3) is 2.82. The van der Waals surface area contributed by atoms with Gasteiger partial charge in [-0.1, -0.05) is 18.2 Å². The van der Waals surface area contributed by atoms with Crippen LogP contribution in [0.15, 0.2) is 30.5 Å². The second-order valence-electron chi connectivity index (χ2n) is 4.47. The van der Waals surface area contributed by atoms with E-state index in [1.807, 2.05) is 42.2 Å². The van der Waals surface area contributed by atoms with Crippen molar-refractivity contribution in [1.29, 1.82) is 0 Å². The Balaban J connectivity index is 1.66. The number of aromatic nitrogens is 2. The summed E-state index contributed by atoms with van der Waals surface area (Å²) in [5, 5.41) is 1.81. The molecule has 1 aromatic heterocycles. The fourth-order valence-electron chi connectivity index (χ4n) is 2.12. The standard InChI is InChI=1S/C14H16N2OS/c1-2-4-13-11(3-1)9-15-14(16-13)10-18-12-5-7-17-8-6-12/h1-4,9,12H,5-8,10H2. The summed E-state index contributed by atoms with van der Waals surface area (Å²) in [7, 11) is 0. The summed E-state index contributed by atoms with van der Waals surface area (Å²) in [5.74, 6) is 1.83. The minimum Gasteiger partial charge on any atom is -0.381 e. The van der Waals surface area contributed by atoms with E-state index in [2.05, 4.69) is 9.97 Å². The van der Waals surface area contributed by atoms with Crippen molar-refractivity contribution in [2.45, 2.75) is 23.8 Å². The average Bonchev–Trinajstić information content (AvgIpc) is 2.46. The van der Waals surface area contributed by atoms with Crippen molar-refractivity contribution in [2.75, 3.05) is 13.2 Å². The second-order valence-corrected chi connectivity index (χ2v) is 5.76. The summed E-state index contributed by atoms with van der Waals surface area (Å²) in [5.41, 5.74) is 1.04. The number of rotatable bonds is 3. The zero-order chi connectivity index (χ0) is 12.2. The largest absolute Gasteiger partial charge is 0.381 e. The number of thioether (sulfide) groups is 1. The predicted octanol–water partition coefficient (Wildman–Crippen LogP) is 3.04. The van der Waals surface area contributed by atoms with Gasteiger partial charge in [0.25, 0.3) is 0 Å². The normalized spacial score (nSPS) is 17.1. The first-order chi connectivity index (χ1) is 8.92. The van der Waals surface area contributed by atoms with E-state index in [0.29, 0.717) is 5.25 Å². The summed E-state index contributed by atoms with van der Waals surface area (Å²) < 4.78 is 5.36. The monoisotopic (exact) mass is 260 g/mol. The number of hydrogen-bond acceptors (Lipinski definition) is 4. The molecule has 0 saturated carbocycles. The molecule has 4 heteroatoms. The minimum absolute atomic E-state index is 0.703. The SMILES string of the molecule is c1ccc2nc(CSC3CCOCC3)ncc2c1. The molecule has 3 rings (SSSR count). The fourth-order valence-corrected chi connectivity index (χ4v) is 3.16. The first-order valence-electron chi connectivity index (χ1n) is 6.32. The Morgan fingerprint density at radius 2 is 2.06 bits per heavy atom. The minimum atomic E-state index is 0.703. The van der Waals surface area contributed by atoms with Crippen molar-refractivity contribution in [1.82, 2.24) is 9.97 Å². The molecular formula is C14H16N2OS. The lowest BCUT2D eigenvalue weighted by Crippen LogP contribution is -2.17. The molecule has 1 saturated heterocycles. The molecule has 18 heavy (non-hydrogen) atoms. The van der Waals surface area contributed by atoms with Gasteiger partial charge in [0.05, 0.1) is 11.3 Å². The zero-order valence-electron chi connectivity index (χ0n) is 10.2. The quantitative estimate of drug-likeness (QED) is 0.849. The maximum atomic E-state index is 5.36. The van der Waals surface area contributed by atoms with Crippen LogP contribution in [0.3, 0.4) is 0 Å². The van der Waals surface area contributed by atoms with Crippen molar-refractivity contribution in [2.24, 2.45) is 0 Å². The highest BCUT2D eigenvalue weighted by Crippen LogP contribution is 2.24. The lowest BCUT2D eigenvalue weighted by molar-refractivity contribution is 0.1000. The Bertz CT molecular complexity index is 526. The van der Waals surface area contributed by atoms with Crippen LogP contribution in [0.1, 0.15) is 18.7 Å². The van der Waals surface area contributed by atoms with Crippen LogP contribution in [0, 0.1) is 0 Å². The summed E-state index contributed by atoms with van der Waals surface area (Å²) in [6, 6.07) is 8.12. The summed E-state index contributed by atoms with van der Waals surface area (Å²) in [6.45, 7) is 1.80. The van der Waals surface area contributed by atoms with Crippen molar-refractivity contribution in [3.05, 3.63) is 36.3 Å². The lowest BCUT2D eigenvalue weighted by atomic mass is 10.2. The molecular weight excluding hydrogens is 244 g/mol. The first-order valence-corrected chi connectivity index (χ1v) is 7.37. The van der Waals surface area contributed by atoms with Gasteiger partial charge in [0.2, 0.25) is 0 Å². The van der Waals surface area contributed by atoms with E-state index in [1.165, 1.54) is 0 Å². The second kappa shape index (κ2) is 5.67. The Hall–Kier alpha value is -1.13. The van der Waals surface area contributed by atoms with Gasteiger partial charge >= 0.3 is 0 Å². The third-order valence-corrected chi connectivity index (χ3v) is 4.52. The molecule has 3 nitrogen and oxygen atoms in total. The van der Waals surface area contributed by atoms with Gasteiger partial charge in [-0.05, 0) is 18.9 Å². The van der Waals surface area contributed by atoms with Gasteiger partial charge in [-0.15, -0.1) is 0 Å². The molecule has 1 fully saturated rings. The number of nitrogens with zero attached hydrogens (tertiary/aromatic N) is 2. The van der Waals surface area contributed by atoms with Crippen LogP contribution in [-0.2, 0) is 10.5 Å². The van der Waals surface area contributed by atoms with Gasteiger partial charge in [-0.3, -0.25) is 0 Å². The van der Waals surface area contributed by atoms with Crippen LogP contribution < -0.4 is 0 Å². The highest BCUT2D eigenvalue weighted by atomic mass is 32.2. The van der Waals surface area contributed by atoms with Gasteiger partial charge in [0.1, 0.15) is 5.82 Å². The molecule has 94 valence electrons. The van der Waals surface area contributed by atoms with Crippen LogP contribution in [0.2, 0.25) is 0 Å². The summed E-state index contributed by atoms with van der Waals surface area (Å²) in [4.78, 5) is 9.02. The first kappa shape index (κ1) is 11.9. The molecule has 0 atom stereocenters. The molecule has 0 N–H and O–H groups in total. The Morgan fingerprint density at radius 1 is 1.22 bits per heavy atom. The van der Waals surface area contributed by atoms with Crippen molar-refractivity contribution in [3.8, 4) is 0 Å². The van der Waals surface area contributed by atoms with E-state index >= 15 is 0 Å². The average molecular weight is 260 g/mol. The molecule has 1 aliphatic rings. The predicted molar refractivity (Wildman–Crippen MR) is 74.7 cm³/mol. The fraction of sp³-hybridized carbons (Fsp3) is 0.429. The molecule has 2 heterocycles. The number of ether oxygens (including phenoxy) is 1. The molecule has 0 bridgehead atoms. The van der Waals surface area contributed by atoms with E-state index in [0.717, 1.165) is 48.5 Å². The van der Waals surface area contributed by atoms with Crippen molar-refractivity contribution < 1.29 is 4.74 Å². The molecule has 0 aliphatic carbocycles. The molecule has 1 aromatic carbocycles. The summed E-state index contributed by atoms with van der Waals surface area (Å²) in [6.07, 6.45) is 4.22. The molecule has 2 aromatic rings. The number of hydrogen-bond donors (Lipinski definition) is 0. The third-order valence-electron chi connectivity index (χ3n) is 3.16. The van der Waals surface area contributed by atoms with E-state index in [1.54, 1.807) is 0 Å². The number of benzene rings is 1. The molecule has 0 radical (unpaired) electrons. The van der Waals surface area contributed by atoms with E-state index in [-0.39, 0.29) is 0 Å². The Labute approximate surface area is 111 Å². The number of fused-ring (bicyclic) bond motifs is 1. The highest BCUT2D eigenvalue weighted by Gasteiger charge is 2.14. The maximum Gasteiger partial charge on any atom is 0.138 e. The van der Waals surface area contributed by atoms with Crippen LogP contribution in [0.4, 0.5) is 0 Å². The summed E-state index contributed by atoms with van der Waals surface area (Å²) >= 11 is 1.95. The van der Waals surface area contributed by atoms with Gasteiger partial charge in [0.15, 0.2) is 0 Å². The van der Waals surface area contributed by atoms with Crippen molar-refractivity contribution >= 4 is 22.7 Å². The van der Waals surface area contributed by atoms with Gasteiger partial charge in [-0.2, -0.15) is 11.8 Å². The smallest absolute Gasteiger partial charge is 0.138 e. The van der Waals surface area contributed by atoms with Gasteiger partial charge in [0, 0.05) is 30.0 Å². The Kier molecular flexibility index (Phi) is 3.76. The maximum absolute atomic E-state index is 5.36. The number of para-hydroxylation sites is 1.